The van der Waals surface area contributed by atoms with Crippen molar-refractivity contribution in [3.63, 3.8) is 0 Å². The molecule has 0 spiro atoms. The highest BCUT2D eigenvalue weighted by atomic mass is 35.5. The summed E-state index contributed by atoms with van der Waals surface area (Å²) in [6, 6.07) is 1.13. The summed E-state index contributed by atoms with van der Waals surface area (Å²) in [5, 5.41) is -0.687. The zero-order valence-corrected chi connectivity index (χ0v) is 7.74. The van der Waals surface area contributed by atoms with E-state index >= 15 is 0 Å². The zero-order valence-electron chi connectivity index (χ0n) is 6.99. The van der Waals surface area contributed by atoms with Crippen molar-refractivity contribution in [2.24, 2.45) is 0 Å². The van der Waals surface area contributed by atoms with Gasteiger partial charge in [-0.3, -0.25) is 4.79 Å². The van der Waals surface area contributed by atoms with Gasteiger partial charge in [-0.25, -0.2) is 13.2 Å². The molecule has 0 heterocycles. The number of benzene rings is 1. The van der Waals surface area contributed by atoms with Crippen LogP contribution in [-0.4, -0.2) is 5.24 Å². The van der Waals surface area contributed by atoms with Crippen LogP contribution in [0.15, 0.2) is 12.1 Å². The smallest absolute Gasteiger partial charge is 0.221 e. The Morgan fingerprint density at radius 1 is 1.21 bits per heavy atom. The molecular formula is C9H6ClF3O. The Balaban J connectivity index is 2.91. The monoisotopic (exact) mass is 222 g/mol. The van der Waals surface area contributed by atoms with Crippen molar-refractivity contribution in [1.82, 2.24) is 0 Å². The normalized spacial score (nSPS) is 10.3. The van der Waals surface area contributed by atoms with Crippen molar-refractivity contribution in [3.05, 3.63) is 35.1 Å². The van der Waals surface area contributed by atoms with E-state index in [1.807, 2.05) is 0 Å². The Hall–Kier alpha value is -1.03. The minimum absolute atomic E-state index is 0.166. The fourth-order valence-corrected chi connectivity index (χ4v) is 1.13. The van der Waals surface area contributed by atoms with Crippen molar-refractivity contribution >= 4 is 16.8 Å². The summed E-state index contributed by atoms with van der Waals surface area (Å²) in [6.07, 6.45) is -0.346. The van der Waals surface area contributed by atoms with Crippen molar-refractivity contribution in [3.8, 4) is 0 Å². The molecular weight excluding hydrogens is 217 g/mol. The summed E-state index contributed by atoms with van der Waals surface area (Å²) < 4.78 is 38.3. The predicted molar refractivity (Wildman–Crippen MR) is 45.5 cm³/mol. The van der Waals surface area contributed by atoms with Gasteiger partial charge in [0, 0.05) is 24.1 Å². The molecule has 0 bridgehead atoms. The van der Waals surface area contributed by atoms with E-state index in [2.05, 4.69) is 0 Å². The molecule has 0 aliphatic carbocycles. The van der Waals surface area contributed by atoms with Crippen LogP contribution in [0.3, 0.4) is 0 Å². The first-order valence-corrected chi connectivity index (χ1v) is 4.20. The van der Waals surface area contributed by atoms with Gasteiger partial charge in [-0.1, -0.05) is 0 Å². The quantitative estimate of drug-likeness (QED) is 0.719. The Bertz CT molecular complexity index is 342. The highest BCUT2D eigenvalue weighted by Crippen LogP contribution is 2.16. The molecule has 1 rings (SSSR count). The van der Waals surface area contributed by atoms with Crippen molar-refractivity contribution in [1.29, 1.82) is 0 Å². The van der Waals surface area contributed by atoms with E-state index in [1.165, 1.54) is 0 Å². The topological polar surface area (TPSA) is 17.1 Å². The third kappa shape index (κ3) is 2.73. The molecule has 0 radical (unpaired) electrons. The van der Waals surface area contributed by atoms with Crippen LogP contribution in [0.2, 0.25) is 0 Å². The lowest BCUT2D eigenvalue weighted by Gasteiger charge is -2.02. The number of hydrogen-bond donors (Lipinski definition) is 0. The Morgan fingerprint density at radius 2 is 1.71 bits per heavy atom. The molecule has 76 valence electrons. The van der Waals surface area contributed by atoms with Gasteiger partial charge in [-0.15, -0.1) is 0 Å². The van der Waals surface area contributed by atoms with Gasteiger partial charge in [0.1, 0.15) is 17.5 Å². The summed E-state index contributed by atoms with van der Waals surface area (Å²) in [5.41, 5.74) is -0.319. The summed E-state index contributed by atoms with van der Waals surface area (Å²) in [6.45, 7) is 0. The standard InChI is InChI=1S/C9H6ClF3O/c10-9(14)2-1-6-7(12)3-5(11)4-8(6)13/h3-4H,1-2H2. The number of halogens is 4. The average molecular weight is 223 g/mol. The van der Waals surface area contributed by atoms with Gasteiger partial charge < -0.3 is 0 Å². The number of rotatable bonds is 3. The van der Waals surface area contributed by atoms with E-state index in [-0.39, 0.29) is 18.4 Å². The minimum atomic E-state index is -1.000. The molecule has 0 saturated heterocycles. The molecule has 0 atom stereocenters. The van der Waals surface area contributed by atoms with Crippen LogP contribution < -0.4 is 0 Å². The van der Waals surface area contributed by atoms with Gasteiger partial charge in [0.2, 0.25) is 5.24 Å². The molecule has 0 aliphatic heterocycles. The molecule has 1 nitrogen and oxygen atoms in total. The minimum Gasteiger partial charge on any atom is -0.281 e. The second-order valence-electron chi connectivity index (χ2n) is 2.70. The van der Waals surface area contributed by atoms with E-state index < -0.39 is 22.7 Å². The predicted octanol–water partition coefficient (Wildman–Crippen LogP) is 2.80. The summed E-state index contributed by atoms with van der Waals surface area (Å²) in [4.78, 5) is 10.4. The zero-order chi connectivity index (χ0) is 10.7. The van der Waals surface area contributed by atoms with Gasteiger partial charge in [-0.2, -0.15) is 0 Å². The molecule has 0 saturated carbocycles. The van der Waals surface area contributed by atoms with Crippen molar-refractivity contribution in [2.45, 2.75) is 12.8 Å². The lowest BCUT2D eigenvalue weighted by molar-refractivity contribution is -0.111. The van der Waals surface area contributed by atoms with Crippen molar-refractivity contribution in [2.75, 3.05) is 0 Å². The van der Waals surface area contributed by atoms with Crippen LogP contribution in [0.1, 0.15) is 12.0 Å². The Kier molecular flexibility index (Phi) is 3.52. The van der Waals surface area contributed by atoms with Crippen LogP contribution in [-0.2, 0) is 11.2 Å². The average Bonchev–Trinajstić information content (AvgIpc) is 2.01. The van der Waals surface area contributed by atoms with Gasteiger partial charge in [0.15, 0.2) is 0 Å². The van der Waals surface area contributed by atoms with E-state index in [0.29, 0.717) is 12.1 Å². The van der Waals surface area contributed by atoms with Gasteiger partial charge in [0.25, 0.3) is 0 Å². The third-order valence-corrected chi connectivity index (χ3v) is 1.87. The second kappa shape index (κ2) is 4.46. The molecule has 0 fully saturated rings. The lowest BCUT2D eigenvalue weighted by Crippen LogP contribution is -2.00. The highest BCUT2D eigenvalue weighted by Gasteiger charge is 2.12. The summed E-state index contributed by atoms with van der Waals surface area (Å²) >= 11 is 5.01. The maximum atomic E-state index is 12.9. The van der Waals surface area contributed by atoms with E-state index in [1.54, 1.807) is 0 Å². The van der Waals surface area contributed by atoms with E-state index in [4.69, 9.17) is 11.6 Å². The maximum Gasteiger partial charge on any atom is 0.221 e. The molecule has 0 amide bonds. The molecule has 0 N–H and O–H groups in total. The lowest BCUT2D eigenvalue weighted by atomic mass is 10.1. The maximum absolute atomic E-state index is 12.9. The number of carbonyl (C=O) groups excluding carboxylic acids is 1. The first kappa shape index (κ1) is 11.0. The molecule has 5 heteroatoms. The molecule has 0 unspecified atom stereocenters. The molecule has 1 aromatic rings. The second-order valence-corrected chi connectivity index (χ2v) is 3.12. The van der Waals surface area contributed by atoms with Crippen LogP contribution in [0.5, 0.6) is 0 Å². The molecule has 0 aliphatic rings. The third-order valence-electron chi connectivity index (χ3n) is 1.68. The molecule has 1 aromatic carbocycles. The highest BCUT2D eigenvalue weighted by molar-refractivity contribution is 6.63. The largest absolute Gasteiger partial charge is 0.281 e. The van der Waals surface area contributed by atoms with Crippen LogP contribution in [0.4, 0.5) is 13.2 Å². The Labute approximate surface area is 83.5 Å². The molecule has 14 heavy (non-hydrogen) atoms. The first-order valence-electron chi connectivity index (χ1n) is 3.82. The molecule has 0 aromatic heterocycles. The van der Waals surface area contributed by atoms with Crippen LogP contribution in [0.25, 0.3) is 0 Å². The van der Waals surface area contributed by atoms with E-state index in [9.17, 15) is 18.0 Å². The van der Waals surface area contributed by atoms with Crippen molar-refractivity contribution < 1.29 is 18.0 Å². The summed E-state index contributed by atoms with van der Waals surface area (Å²) in [7, 11) is 0. The number of carbonyl (C=O) groups is 1. The fraction of sp³-hybridized carbons (Fsp3) is 0.222. The SMILES string of the molecule is O=C(Cl)CCc1c(F)cc(F)cc1F. The van der Waals surface area contributed by atoms with E-state index in [0.717, 1.165) is 0 Å². The van der Waals surface area contributed by atoms with Crippen LogP contribution >= 0.6 is 11.6 Å². The van der Waals surface area contributed by atoms with Crippen LogP contribution in [0, 0.1) is 17.5 Å². The van der Waals surface area contributed by atoms with Gasteiger partial charge >= 0.3 is 0 Å². The van der Waals surface area contributed by atoms with Gasteiger partial charge in [-0.05, 0) is 18.0 Å². The number of hydrogen-bond acceptors (Lipinski definition) is 1. The first-order chi connectivity index (χ1) is 6.50. The van der Waals surface area contributed by atoms with Gasteiger partial charge in [0.05, 0.1) is 0 Å². The fourth-order valence-electron chi connectivity index (χ4n) is 1.03. The summed E-state index contributed by atoms with van der Waals surface area (Å²) in [5.74, 6) is -2.98. The Morgan fingerprint density at radius 3 is 2.14 bits per heavy atom.